The van der Waals surface area contributed by atoms with Gasteiger partial charge in [-0.3, -0.25) is 4.79 Å². The highest BCUT2D eigenvalue weighted by molar-refractivity contribution is 5.98. The number of rotatable bonds is 6. The van der Waals surface area contributed by atoms with Gasteiger partial charge in [0.15, 0.2) is 0 Å². The number of pyridine rings is 1. The lowest BCUT2D eigenvalue weighted by atomic mass is 9.88. The van der Waals surface area contributed by atoms with E-state index in [4.69, 9.17) is 4.74 Å². The van der Waals surface area contributed by atoms with E-state index in [1.165, 1.54) is 7.11 Å². The van der Waals surface area contributed by atoms with Crippen molar-refractivity contribution in [2.45, 2.75) is 46.6 Å². The number of carbonyl (C=O) groups excluding carboxylic acids is 1. The summed E-state index contributed by atoms with van der Waals surface area (Å²) in [6, 6.07) is 2.33. The van der Waals surface area contributed by atoms with Gasteiger partial charge in [0.25, 0.3) is 5.91 Å². The average molecular weight is 308 g/mol. The van der Waals surface area contributed by atoms with Gasteiger partial charge in [-0.15, -0.1) is 0 Å². The fourth-order valence-corrected chi connectivity index (χ4v) is 1.93. The van der Waals surface area contributed by atoms with Crippen molar-refractivity contribution in [2.24, 2.45) is 5.41 Å². The summed E-state index contributed by atoms with van der Waals surface area (Å²) in [5, 5.41) is 11.8. The highest BCUT2D eigenvalue weighted by atomic mass is 16.5. The molecule has 0 spiro atoms. The van der Waals surface area contributed by atoms with Gasteiger partial charge >= 0.3 is 5.97 Å². The summed E-state index contributed by atoms with van der Waals surface area (Å²) in [4.78, 5) is 27.7. The number of hydrogen-bond acceptors (Lipinski definition) is 4. The van der Waals surface area contributed by atoms with Crippen molar-refractivity contribution in [3.8, 4) is 5.88 Å². The van der Waals surface area contributed by atoms with E-state index in [-0.39, 0.29) is 16.9 Å². The van der Waals surface area contributed by atoms with Gasteiger partial charge in [0.1, 0.15) is 11.6 Å². The van der Waals surface area contributed by atoms with Crippen molar-refractivity contribution in [3.05, 3.63) is 23.4 Å². The third kappa shape index (κ3) is 5.35. The number of methoxy groups -OCH3 is 1. The van der Waals surface area contributed by atoms with E-state index in [0.29, 0.717) is 12.8 Å². The van der Waals surface area contributed by atoms with Crippen LogP contribution < -0.4 is 10.1 Å². The normalized spacial score (nSPS) is 12.6. The second kappa shape index (κ2) is 7.24. The summed E-state index contributed by atoms with van der Waals surface area (Å²) in [7, 11) is 1.42. The Morgan fingerprint density at radius 3 is 2.50 bits per heavy atom. The number of aliphatic carboxylic acids is 1. The molecule has 1 unspecified atom stereocenters. The van der Waals surface area contributed by atoms with Crippen molar-refractivity contribution in [3.63, 3.8) is 0 Å². The molecule has 1 rings (SSSR count). The maximum Gasteiger partial charge on any atom is 0.326 e. The number of nitrogens with zero attached hydrogens (tertiary/aromatic N) is 1. The molecule has 2 N–H and O–H groups in total. The summed E-state index contributed by atoms with van der Waals surface area (Å²) in [6.45, 7) is 7.87. The molecule has 22 heavy (non-hydrogen) atoms. The topological polar surface area (TPSA) is 88.5 Å². The van der Waals surface area contributed by atoms with Gasteiger partial charge < -0.3 is 15.2 Å². The van der Waals surface area contributed by atoms with Gasteiger partial charge in [0.05, 0.1) is 7.11 Å². The van der Waals surface area contributed by atoms with Crippen LogP contribution in [0, 0.1) is 12.3 Å². The second-order valence-electron chi connectivity index (χ2n) is 6.47. The molecule has 6 nitrogen and oxygen atoms in total. The molecule has 6 heteroatoms. The number of aromatic nitrogens is 1. The monoisotopic (exact) mass is 308 g/mol. The van der Waals surface area contributed by atoms with Crippen LogP contribution in [-0.4, -0.2) is 35.1 Å². The molecule has 0 saturated carbocycles. The first-order valence-electron chi connectivity index (χ1n) is 7.19. The van der Waals surface area contributed by atoms with E-state index in [0.717, 1.165) is 5.69 Å². The van der Waals surface area contributed by atoms with E-state index in [1.54, 1.807) is 19.1 Å². The minimum Gasteiger partial charge on any atom is -0.480 e. The number of ether oxygens (including phenoxy) is 1. The number of nitrogens with one attached hydrogen (secondary N) is 1. The first-order chi connectivity index (χ1) is 10.1. The lowest BCUT2D eigenvalue weighted by Crippen LogP contribution is -2.41. The van der Waals surface area contributed by atoms with Gasteiger partial charge in [-0.1, -0.05) is 20.8 Å². The van der Waals surface area contributed by atoms with Gasteiger partial charge in [0.2, 0.25) is 5.88 Å². The van der Waals surface area contributed by atoms with Crippen LogP contribution >= 0.6 is 0 Å². The van der Waals surface area contributed by atoms with Gasteiger partial charge in [-0.05, 0) is 37.3 Å². The fraction of sp³-hybridized carbons (Fsp3) is 0.562. The average Bonchev–Trinajstić information content (AvgIpc) is 2.41. The molecule has 0 aliphatic rings. The number of amides is 1. The highest BCUT2D eigenvalue weighted by Crippen LogP contribution is 2.22. The maximum atomic E-state index is 12.3. The van der Waals surface area contributed by atoms with Crippen LogP contribution in [0.3, 0.4) is 0 Å². The van der Waals surface area contributed by atoms with Crippen LogP contribution in [0.2, 0.25) is 0 Å². The van der Waals surface area contributed by atoms with E-state index in [9.17, 15) is 14.7 Å². The van der Waals surface area contributed by atoms with E-state index >= 15 is 0 Å². The number of carbonyl (C=O) groups is 2. The van der Waals surface area contributed by atoms with Crippen LogP contribution in [0.15, 0.2) is 12.1 Å². The molecule has 0 radical (unpaired) electrons. The number of aryl methyl sites for hydroxylation is 1. The maximum absolute atomic E-state index is 12.3. The van der Waals surface area contributed by atoms with Gasteiger partial charge in [0, 0.05) is 5.69 Å². The van der Waals surface area contributed by atoms with Crippen molar-refractivity contribution < 1.29 is 19.4 Å². The number of carboxylic acids is 1. The van der Waals surface area contributed by atoms with E-state index in [2.05, 4.69) is 10.3 Å². The molecule has 1 atom stereocenters. The zero-order chi connectivity index (χ0) is 16.9. The molecular weight excluding hydrogens is 284 g/mol. The van der Waals surface area contributed by atoms with E-state index in [1.807, 2.05) is 20.8 Å². The minimum atomic E-state index is -1.04. The predicted octanol–water partition coefficient (Wildman–Crippen LogP) is 2.41. The lowest BCUT2D eigenvalue weighted by Gasteiger charge is -2.21. The quantitative estimate of drug-likeness (QED) is 0.842. The molecule has 1 aromatic heterocycles. The van der Waals surface area contributed by atoms with Gasteiger partial charge in [-0.2, -0.15) is 0 Å². The van der Waals surface area contributed by atoms with E-state index < -0.39 is 17.9 Å². The number of hydrogen-bond donors (Lipinski definition) is 2. The van der Waals surface area contributed by atoms with Crippen LogP contribution in [0.4, 0.5) is 0 Å². The molecule has 0 aliphatic carbocycles. The Morgan fingerprint density at radius 1 is 1.36 bits per heavy atom. The molecule has 1 amide bonds. The summed E-state index contributed by atoms with van der Waals surface area (Å²) in [5.74, 6) is -1.35. The molecule has 0 bridgehead atoms. The van der Waals surface area contributed by atoms with Crippen LogP contribution in [0.25, 0.3) is 0 Å². The standard InChI is InChI=1S/C16H24N2O4/c1-10-6-7-11(14(17-10)22-5)13(19)18-12(15(20)21)8-9-16(2,3)4/h6-7,12H,8-9H2,1-5H3,(H,18,19)(H,20,21). The minimum absolute atomic E-state index is 0.00152. The number of carboxylic acid groups (broad SMARTS) is 1. The Balaban J connectivity index is 2.86. The Labute approximate surface area is 130 Å². The summed E-state index contributed by atoms with van der Waals surface area (Å²) < 4.78 is 5.08. The third-order valence-electron chi connectivity index (χ3n) is 3.22. The highest BCUT2D eigenvalue weighted by Gasteiger charge is 2.24. The van der Waals surface area contributed by atoms with Gasteiger partial charge in [-0.25, -0.2) is 9.78 Å². The van der Waals surface area contributed by atoms with Crippen LogP contribution in [0.5, 0.6) is 5.88 Å². The first-order valence-corrected chi connectivity index (χ1v) is 7.19. The zero-order valence-electron chi connectivity index (χ0n) is 13.8. The molecule has 1 heterocycles. The molecular formula is C16H24N2O4. The molecule has 0 saturated heterocycles. The fourth-order valence-electron chi connectivity index (χ4n) is 1.93. The summed E-state index contributed by atoms with van der Waals surface area (Å²) in [6.07, 6.45) is 1.06. The molecule has 122 valence electrons. The van der Waals surface area contributed by atoms with Crippen LogP contribution in [0.1, 0.15) is 49.7 Å². The van der Waals surface area contributed by atoms with Crippen molar-refractivity contribution in [1.82, 2.24) is 10.3 Å². The Hall–Kier alpha value is -2.11. The van der Waals surface area contributed by atoms with Crippen molar-refractivity contribution >= 4 is 11.9 Å². The molecule has 0 aliphatic heterocycles. The third-order valence-corrected chi connectivity index (χ3v) is 3.22. The van der Waals surface area contributed by atoms with Crippen molar-refractivity contribution in [2.75, 3.05) is 7.11 Å². The largest absolute Gasteiger partial charge is 0.480 e. The predicted molar refractivity (Wildman–Crippen MR) is 83.1 cm³/mol. The van der Waals surface area contributed by atoms with Crippen LogP contribution in [-0.2, 0) is 4.79 Å². The lowest BCUT2D eigenvalue weighted by molar-refractivity contribution is -0.139. The Kier molecular flexibility index (Phi) is 5.91. The SMILES string of the molecule is COc1nc(C)ccc1C(=O)NC(CCC(C)(C)C)C(=O)O. The first kappa shape index (κ1) is 17.9. The molecule has 0 aromatic carbocycles. The second-order valence-corrected chi connectivity index (χ2v) is 6.47. The Morgan fingerprint density at radius 2 is 2.00 bits per heavy atom. The Bertz CT molecular complexity index is 550. The summed E-state index contributed by atoms with van der Waals surface area (Å²) >= 11 is 0. The van der Waals surface area contributed by atoms with Crippen molar-refractivity contribution in [1.29, 1.82) is 0 Å². The smallest absolute Gasteiger partial charge is 0.326 e. The molecule has 0 fully saturated rings. The molecule has 1 aromatic rings. The summed E-state index contributed by atoms with van der Waals surface area (Å²) in [5.41, 5.74) is 0.952. The zero-order valence-corrected chi connectivity index (χ0v) is 13.8.